The molecular formula is C29H37N. The number of fused-ring (bicyclic) bond motifs is 4. The molecule has 5 atom stereocenters. The van der Waals surface area contributed by atoms with Crippen LogP contribution in [-0.2, 0) is 0 Å². The molecule has 1 aromatic rings. The first-order valence-electron chi connectivity index (χ1n) is 12.1. The molecule has 0 spiro atoms. The molecule has 1 unspecified atom stereocenters. The topological polar surface area (TPSA) is 3.24 Å². The van der Waals surface area contributed by atoms with Gasteiger partial charge in [0, 0.05) is 31.6 Å². The summed E-state index contributed by atoms with van der Waals surface area (Å²) in [6, 6.07) is 9.41. The number of nitrogens with zero attached hydrogens (tertiary/aromatic N) is 1. The Hall–Kier alpha value is -1.94. The molecule has 1 aromatic carbocycles. The Balaban J connectivity index is 1.53. The van der Waals surface area contributed by atoms with E-state index in [0.717, 1.165) is 11.8 Å². The Bertz CT molecular complexity index is 935. The molecule has 30 heavy (non-hydrogen) atoms. The van der Waals surface area contributed by atoms with E-state index >= 15 is 0 Å². The van der Waals surface area contributed by atoms with Crippen molar-refractivity contribution in [2.24, 2.45) is 23.2 Å². The maximum absolute atomic E-state index is 3.60. The molecule has 4 aliphatic rings. The molecule has 0 saturated heterocycles. The summed E-state index contributed by atoms with van der Waals surface area (Å²) in [7, 11) is 4.26. The predicted molar refractivity (Wildman–Crippen MR) is 128 cm³/mol. The number of hydrogen-bond acceptors (Lipinski definition) is 1. The van der Waals surface area contributed by atoms with E-state index in [4.69, 9.17) is 0 Å². The van der Waals surface area contributed by atoms with E-state index in [1.807, 2.05) is 12.5 Å². The molecule has 1 heteroatoms. The van der Waals surface area contributed by atoms with Crippen molar-refractivity contribution >= 4 is 5.69 Å². The van der Waals surface area contributed by atoms with Crippen LogP contribution < -0.4 is 4.90 Å². The number of rotatable bonds is 2. The predicted octanol–water partition coefficient (Wildman–Crippen LogP) is 7.11. The van der Waals surface area contributed by atoms with Gasteiger partial charge in [-0.3, -0.25) is 0 Å². The van der Waals surface area contributed by atoms with Crippen LogP contribution in [0.15, 0.2) is 47.1 Å². The van der Waals surface area contributed by atoms with Crippen LogP contribution >= 0.6 is 0 Å². The summed E-state index contributed by atoms with van der Waals surface area (Å²) in [6.07, 6.45) is 13.1. The largest absolute Gasteiger partial charge is 0.378 e. The minimum Gasteiger partial charge on any atom is -0.378 e. The number of anilines is 1. The highest BCUT2D eigenvalue weighted by molar-refractivity contribution is 5.53. The Morgan fingerprint density at radius 2 is 1.80 bits per heavy atom. The van der Waals surface area contributed by atoms with E-state index in [-0.39, 0.29) is 0 Å². The zero-order valence-electron chi connectivity index (χ0n) is 19.3. The lowest BCUT2D eigenvalue weighted by atomic mass is 9.55. The van der Waals surface area contributed by atoms with E-state index in [1.165, 1.54) is 62.6 Å². The van der Waals surface area contributed by atoms with Gasteiger partial charge in [-0.15, -0.1) is 5.92 Å². The first kappa shape index (κ1) is 20.0. The molecule has 2 fully saturated rings. The van der Waals surface area contributed by atoms with Gasteiger partial charge in [0.15, 0.2) is 0 Å². The van der Waals surface area contributed by atoms with Crippen molar-refractivity contribution in [3.05, 3.63) is 52.6 Å². The van der Waals surface area contributed by atoms with E-state index in [2.05, 4.69) is 68.1 Å². The van der Waals surface area contributed by atoms with Crippen LogP contribution in [0.4, 0.5) is 5.69 Å². The summed E-state index contributed by atoms with van der Waals surface area (Å²) in [5, 5.41) is 0. The zero-order valence-corrected chi connectivity index (χ0v) is 19.3. The van der Waals surface area contributed by atoms with E-state index in [1.54, 1.807) is 11.1 Å². The van der Waals surface area contributed by atoms with Crippen LogP contribution in [0.1, 0.15) is 76.7 Å². The smallest absolute Gasteiger partial charge is 0.0361 e. The van der Waals surface area contributed by atoms with Crippen LogP contribution in [0.5, 0.6) is 0 Å². The average Bonchev–Trinajstić information content (AvgIpc) is 3.10. The quantitative estimate of drug-likeness (QED) is 0.479. The molecular weight excluding hydrogens is 362 g/mol. The number of benzene rings is 1. The maximum Gasteiger partial charge on any atom is 0.0361 e. The molecule has 1 nitrogen and oxygen atoms in total. The fourth-order valence-corrected chi connectivity index (χ4v) is 7.46. The van der Waals surface area contributed by atoms with Crippen molar-refractivity contribution in [2.75, 3.05) is 19.0 Å². The summed E-state index contributed by atoms with van der Waals surface area (Å²) in [6.45, 7) is 4.60. The van der Waals surface area contributed by atoms with Gasteiger partial charge in [-0.05, 0) is 104 Å². The molecule has 4 aliphatic carbocycles. The van der Waals surface area contributed by atoms with Crippen molar-refractivity contribution in [3.8, 4) is 11.8 Å². The molecule has 0 aromatic heterocycles. The van der Waals surface area contributed by atoms with Crippen LogP contribution in [0.3, 0.4) is 0 Å². The first-order chi connectivity index (χ1) is 14.5. The standard InChI is InChI=1S/C29H37N/c1-5-7-22-13-17-27-25-16-12-21-8-6-9-24(20-10-14-23(15-11-20)30(3)4)28(21)26(25)18-19-29(22,27)2/h8,10-11,14-15,22,24-25,27H,6,9,12-13,16-19H2,1-4H3/t22-,24?,25-,27+,29-/m1/s1. The molecule has 0 bridgehead atoms. The lowest BCUT2D eigenvalue weighted by Gasteiger charge is -2.49. The first-order valence-corrected chi connectivity index (χ1v) is 12.1. The van der Waals surface area contributed by atoms with Gasteiger partial charge in [0.2, 0.25) is 0 Å². The van der Waals surface area contributed by atoms with E-state index in [9.17, 15) is 0 Å². The van der Waals surface area contributed by atoms with Crippen LogP contribution in [0, 0.1) is 35.0 Å². The van der Waals surface area contributed by atoms with Gasteiger partial charge >= 0.3 is 0 Å². The van der Waals surface area contributed by atoms with Crippen molar-refractivity contribution in [3.63, 3.8) is 0 Å². The Kier molecular flexibility index (Phi) is 5.09. The molecule has 0 N–H and O–H groups in total. The van der Waals surface area contributed by atoms with Gasteiger partial charge in [0.05, 0.1) is 0 Å². The Labute approximate surface area is 183 Å². The van der Waals surface area contributed by atoms with Crippen molar-refractivity contribution in [2.45, 2.75) is 71.1 Å². The number of allylic oxidation sites excluding steroid dienone is 4. The normalized spacial score (nSPS) is 34.9. The third kappa shape index (κ3) is 3.07. The SMILES string of the molecule is CC#C[C@@H]1CC[C@H]2[C@@H]3CCC4=CCCC(c5ccc(N(C)C)cc5)C4=C3CC[C@]12C. The fourth-order valence-electron chi connectivity index (χ4n) is 7.46. The van der Waals surface area contributed by atoms with E-state index < -0.39 is 0 Å². The zero-order chi connectivity index (χ0) is 20.9. The van der Waals surface area contributed by atoms with Gasteiger partial charge in [-0.25, -0.2) is 0 Å². The lowest BCUT2D eigenvalue weighted by Crippen LogP contribution is -2.40. The third-order valence-electron chi connectivity index (χ3n) is 9.02. The second kappa shape index (κ2) is 7.64. The van der Waals surface area contributed by atoms with Gasteiger partial charge < -0.3 is 4.90 Å². The van der Waals surface area contributed by atoms with E-state index in [0.29, 0.717) is 17.3 Å². The molecule has 0 heterocycles. The van der Waals surface area contributed by atoms with Gasteiger partial charge in [-0.2, -0.15) is 0 Å². The highest BCUT2D eigenvalue weighted by Crippen LogP contribution is 2.63. The summed E-state index contributed by atoms with van der Waals surface area (Å²) < 4.78 is 0. The second-order valence-corrected chi connectivity index (χ2v) is 10.6. The monoisotopic (exact) mass is 399 g/mol. The average molecular weight is 400 g/mol. The molecule has 2 saturated carbocycles. The summed E-state index contributed by atoms with van der Waals surface area (Å²) >= 11 is 0. The summed E-state index contributed by atoms with van der Waals surface area (Å²) in [5.74, 6) is 9.74. The van der Waals surface area contributed by atoms with Gasteiger partial charge in [0.25, 0.3) is 0 Å². The third-order valence-corrected chi connectivity index (χ3v) is 9.02. The molecule has 158 valence electrons. The van der Waals surface area contributed by atoms with Crippen molar-refractivity contribution < 1.29 is 0 Å². The minimum absolute atomic E-state index is 0.441. The maximum atomic E-state index is 3.60. The van der Waals surface area contributed by atoms with Gasteiger partial charge in [-0.1, -0.05) is 36.6 Å². The van der Waals surface area contributed by atoms with Crippen molar-refractivity contribution in [1.29, 1.82) is 0 Å². The Morgan fingerprint density at radius 1 is 1.00 bits per heavy atom. The fraction of sp³-hybridized carbons (Fsp3) is 0.586. The molecule has 0 amide bonds. The van der Waals surface area contributed by atoms with Gasteiger partial charge in [0.1, 0.15) is 0 Å². The minimum atomic E-state index is 0.441. The van der Waals surface area contributed by atoms with Crippen LogP contribution in [-0.4, -0.2) is 14.1 Å². The highest BCUT2D eigenvalue weighted by Gasteiger charge is 2.53. The molecule has 5 rings (SSSR count). The Morgan fingerprint density at radius 3 is 2.53 bits per heavy atom. The summed E-state index contributed by atoms with van der Waals surface area (Å²) in [5.41, 5.74) is 8.58. The second-order valence-electron chi connectivity index (χ2n) is 10.6. The number of hydrogen-bond donors (Lipinski definition) is 0. The molecule has 0 aliphatic heterocycles. The lowest BCUT2D eigenvalue weighted by molar-refractivity contribution is 0.0953. The highest BCUT2D eigenvalue weighted by atomic mass is 15.1. The molecule has 0 radical (unpaired) electrons. The van der Waals surface area contributed by atoms with Crippen LogP contribution in [0.2, 0.25) is 0 Å². The van der Waals surface area contributed by atoms with Crippen LogP contribution in [0.25, 0.3) is 0 Å². The van der Waals surface area contributed by atoms with Crippen molar-refractivity contribution in [1.82, 2.24) is 0 Å². The summed E-state index contributed by atoms with van der Waals surface area (Å²) in [4.78, 5) is 2.20.